The first-order chi connectivity index (χ1) is 31.5. The van der Waals surface area contributed by atoms with Crippen molar-refractivity contribution >= 4 is 73.5 Å². The van der Waals surface area contributed by atoms with Crippen LogP contribution in [0.3, 0.4) is 0 Å². The molecular formula is C57H59N7. The minimum atomic E-state index is 0.365. The van der Waals surface area contributed by atoms with Gasteiger partial charge in [0, 0.05) is 44.4 Å². The molecule has 0 aliphatic heterocycles. The smallest absolute Gasteiger partial charge is 0.0936 e. The van der Waals surface area contributed by atoms with Crippen molar-refractivity contribution in [2.45, 2.75) is 90.5 Å². The standard InChI is InChI=1S/C57H59N7/c1-6-10-11-16-40-21-23-41(24-22-40)42-25-27-43(28-26-42)44-29-31-45(32-30-44)59-60-53-35-36-54(47(9-4)46(53)8-3)61-62-56-37-38-57(51-20-15-14-19-50(51)56)64-63-55-34-33-52(58-39(5)7-2)48-17-12-13-18-49(48)55/h8-9,12-15,17-20,25-41,58H,3-4,6-7,10-11,16,21-24H2,1-2,5H3. The highest BCUT2D eigenvalue weighted by atomic mass is 15.1. The number of hydrogen-bond acceptors (Lipinski definition) is 7. The van der Waals surface area contributed by atoms with E-state index in [1.54, 1.807) is 12.2 Å². The van der Waals surface area contributed by atoms with Crippen LogP contribution in [0.2, 0.25) is 0 Å². The van der Waals surface area contributed by atoms with E-state index in [0.717, 1.165) is 73.3 Å². The van der Waals surface area contributed by atoms with E-state index in [1.807, 2.05) is 72.8 Å². The molecule has 0 saturated heterocycles. The number of anilines is 1. The molecule has 1 N–H and O–H groups in total. The van der Waals surface area contributed by atoms with Gasteiger partial charge in [0.1, 0.15) is 0 Å². The zero-order valence-electron chi connectivity index (χ0n) is 37.5. The van der Waals surface area contributed by atoms with Crippen LogP contribution in [0.25, 0.3) is 44.8 Å². The Morgan fingerprint density at radius 1 is 0.531 bits per heavy atom. The maximum Gasteiger partial charge on any atom is 0.0936 e. The summed E-state index contributed by atoms with van der Waals surface area (Å²) < 4.78 is 0. The van der Waals surface area contributed by atoms with Crippen molar-refractivity contribution in [1.82, 2.24) is 0 Å². The maximum absolute atomic E-state index is 4.75. The summed E-state index contributed by atoms with van der Waals surface area (Å²) in [6.07, 6.45) is 15.5. The van der Waals surface area contributed by atoms with Crippen molar-refractivity contribution in [2.24, 2.45) is 36.6 Å². The van der Waals surface area contributed by atoms with E-state index >= 15 is 0 Å². The zero-order valence-corrected chi connectivity index (χ0v) is 37.5. The van der Waals surface area contributed by atoms with Gasteiger partial charge in [0.15, 0.2) is 0 Å². The van der Waals surface area contributed by atoms with Gasteiger partial charge in [0.05, 0.1) is 34.1 Å². The van der Waals surface area contributed by atoms with Gasteiger partial charge in [-0.1, -0.05) is 150 Å². The van der Waals surface area contributed by atoms with Crippen LogP contribution in [0.4, 0.5) is 39.8 Å². The Balaban J connectivity index is 0.954. The number of unbranched alkanes of at least 4 members (excludes halogenated alkanes) is 2. The van der Waals surface area contributed by atoms with Gasteiger partial charge in [0.2, 0.25) is 0 Å². The molecule has 1 fully saturated rings. The van der Waals surface area contributed by atoms with Crippen LogP contribution < -0.4 is 5.32 Å². The predicted molar refractivity (Wildman–Crippen MR) is 271 cm³/mol. The topological polar surface area (TPSA) is 86.2 Å². The Labute approximate surface area is 378 Å². The number of benzene rings is 7. The summed E-state index contributed by atoms with van der Waals surface area (Å²) in [6, 6.07) is 46.0. The first-order valence-corrected chi connectivity index (χ1v) is 23.1. The van der Waals surface area contributed by atoms with Crippen molar-refractivity contribution in [3.8, 4) is 11.1 Å². The molecule has 1 atom stereocenters. The van der Waals surface area contributed by atoms with Gasteiger partial charge in [-0.05, 0) is 116 Å². The first-order valence-electron chi connectivity index (χ1n) is 23.1. The van der Waals surface area contributed by atoms with E-state index in [9.17, 15) is 0 Å². The Morgan fingerprint density at radius 3 is 1.53 bits per heavy atom. The molecule has 0 heterocycles. The highest BCUT2D eigenvalue weighted by Crippen LogP contribution is 2.41. The maximum atomic E-state index is 4.75. The summed E-state index contributed by atoms with van der Waals surface area (Å²) in [7, 11) is 0. The third kappa shape index (κ3) is 10.2. The fourth-order valence-corrected chi connectivity index (χ4v) is 8.99. The lowest BCUT2D eigenvalue weighted by Crippen LogP contribution is -2.13. The van der Waals surface area contributed by atoms with E-state index in [2.05, 4.69) is 110 Å². The summed E-state index contributed by atoms with van der Waals surface area (Å²) in [5.74, 6) is 1.62. The third-order valence-corrected chi connectivity index (χ3v) is 12.9. The lowest BCUT2D eigenvalue weighted by molar-refractivity contribution is 0.303. The van der Waals surface area contributed by atoms with Crippen LogP contribution in [-0.4, -0.2) is 6.04 Å². The van der Waals surface area contributed by atoms with Crippen molar-refractivity contribution in [3.63, 3.8) is 0 Å². The average molecular weight is 842 g/mol. The lowest BCUT2D eigenvalue weighted by atomic mass is 9.77. The summed E-state index contributed by atoms with van der Waals surface area (Å²) in [4.78, 5) is 0. The fraction of sp³-hybridized carbons (Fsp3) is 0.263. The van der Waals surface area contributed by atoms with E-state index < -0.39 is 0 Å². The predicted octanol–water partition coefficient (Wildman–Crippen LogP) is 19.3. The van der Waals surface area contributed by atoms with Gasteiger partial charge < -0.3 is 5.32 Å². The van der Waals surface area contributed by atoms with Crippen molar-refractivity contribution in [3.05, 3.63) is 163 Å². The van der Waals surface area contributed by atoms with Crippen molar-refractivity contribution in [2.75, 3.05) is 5.32 Å². The van der Waals surface area contributed by atoms with Crippen LogP contribution in [-0.2, 0) is 0 Å². The van der Waals surface area contributed by atoms with Crippen molar-refractivity contribution < 1.29 is 0 Å². The van der Waals surface area contributed by atoms with E-state index in [0.29, 0.717) is 29.0 Å². The quantitative estimate of drug-likeness (QED) is 0.0718. The van der Waals surface area contributed by atoms with Gasteiger partial charge in [0.25, 0.3) is 0 Å². The number of hydrogen-bond donors (Lipinski definition) is 1. The summed E-state index contributed by atoms with van der Waals surface area (Å²) in [5.41, 5.74) is 10.9. The molecule has 0 aromatic heterocycles. The third-order valence-electron chi connectivity index (χ3n) is 12.9. The van der Waals surface area contributed by atoms with Gasteiger partial charge in [-0.25, -0.2) is 0 Å². The minimum absolute atomic E-state index is 0.365. The molecule has 0 radical (unpaired) electrons. The van der Waals surface area contributed by atoms with Crippen LogP contribution in [0.1, 0.15) is 101 Å². The number of nitrogens with one attached hydrogen (secondary N) is 1. The SMILES string of the molecule is C=Cc1c(N=Nc2ccc(-c3ccc(C4CCC(CCCCC)CC4)cc3)cc2)ccc(N=Nc2ccc(N=Nc3ccc(NC(C)CC)c4ccccc34)c3ccccc23)c1C=C. The van der Waals surface area contributed by atoms with Gasteiger partial charge in [-0.2, -0.15) is 5.11 Å². The fourth-order valence-electron chi connectivity index (χ4n) is 8.99. The second-order valence-electron chi connectivity index (χ2n) is 17.1. The summed E-state index contributed by atoms with van der Waals surface area (Å²) in [6.45, 7) is 14.9. The van der Waals surface area contributed by atoms with Crippen LogP contribution in [0.5, 0.6) is 0 Å². The van der Waals surface area contributed by atoms with E-state index in [4.69, 9.17) is 20.5 Å². The average Bonchev–Trinajstić information content (AvgIpc) is 3.35. The van der Waals surface area contributed by atoms with Gasteiger partial charge >= 0.3 is 0 Å². The van der Waals surface area contributed by atoms with Crippen LogP contribution >= 0.6 is 0 Å². The first kappa shape index (κ1) is 43.8. The molecular weight excluding hydrogens is 783 g/mol. The van der Waals surface area contributed by atoms with Crippen molar-refractivity contribution in [1.29, 1.82) is 0 Å². The molecule has 7 nitrogen and oxygen atoms in total. The molecule has 0 spiro atoms. The molecule has 1 unspecified atom stereocenters. The monoisotopic (exact) mass is 841 g/mol. The molecule has 0 bridgehead atoms. The molecule has 1 aliphatic carbocycles. The van der Waals surface area contributed by atoms with Gasteiger partial charge in [-0.3, -0.25) is 0 Å². The second-order valence-corrected chi connectivity index (χ2v) is 17.1. The highest BCUT2D eigenvalue weighted by molar-refractivity contribution is 6.02. The molecule has 7 aromatic rings. The molecule has 0 amide bonds. The molecule has 322 valence electrons. The minimum Gasteiger partial charge on any atom is -0.382 e. The lowest BCUT2D eigenvalue weighted by Gasteiger charge is -2.29. The summed E-state index contributed by atoms with van der Waals surface area (Å²) >= 11 is 0. The molecule has 64 heavy (non-hydrogen) atoms. The Kier molecular flexibility index (Phi) is 14.4. The Bertz CT molecular complexity index is 2810. The molecule has 1 aliphatic rings. The van der Waals surface area contributed by atoms with Crippen LogP contribution in [0, 0.1) is 5.92 Å². The number of nitrogens with zero attached hydrogens (tertiary/aromatic N) is 6. The van der Waals surface area contributed by atoms with E-state index in [-0.39, 0.29) is 0 Å². The zero-order chi connectivity index (χ0) is 44.3. The normalized spacial score (nSPS) is 16.0. The molecule has 8 rings (SSSR count). The second kappa shape index (κ2) is 21.0. The Hall–Kier alpha value is -6.86. The number of azo groups is 3. The van der Waals surface area contributed by atoms with Gasteiger partial charge in [-0.15, -0.1) is 25.6 Å². The number of rotatable bonds is 17. The Morgan fingerprint density at radius 2 is 1.00 bits per heavy atom. The van der Waals surface area contributed by atoms with Crippen LogP contribution in [0.15, 0.2) is 177 Å². The highest BCUT2D eigenvalue weighted by Gasteiger charge is 2.22. The molecule has 1 saturated carbocycles. The molecule has 7 heteroatoms. The van der Waals surface area contributed by atoms with E-state index in [1.165, 1.54) is 62.5 Å². The largest absolute Gasteiger partial charge is 0.382 e. The number of fused-ring (bicyclic) bond motifs is 2. The molecule has 7 aromatic carbocycles. The summed E-state index contributed by atoms with van der Waals surface area (Å²) in [5, 5.41) is 35.8.